The molecule has 7 heteroatoms. The fraction of sp³-hybridized carbons (Fsp3) is 0.600. The molecule has 27 heavy (non-hydrogen) atoms. The number of amides is 1. The van der Waals surface area contributed by atoms with Gasteiger partial charge in [0.2, 0.25) is 0 Å². The van der Waals surface area contributed by atoms with Crippen LogP contribution in [0, 0.1) is 5.92 Å². The Bertz CT molecular complexity index is 891. The number of morpholine rings is 1. The average molecular weight is 385 g/mol. The van der Waals surface area contributed by atoms with Crippen LogP contribution in [0.25, 0.3) is 10.1 Å². The van der Waals surface area contributed by atoms with Crippen LogP contribution in [0.15, 0.2) is 18.2 Å². The maximum absolute atomic E-state index is 13.0. The third-order valence-corrected chi connectivity index (χ3v) is 7.76. The van der Waals surface area contributed by atoms with E-state index in [-0.39, 0.29) is 11.9 Å². The molecule has 1 aromatic heterocycles. The van der Waals surface area contributed by atoms with Crippen molar-refractivity contribution < 1.29 is 9.53 Å². The lowest BCUT2D eigenvalue weighted by molar-refractivity contribution is 0.0619. The second-order valence-corrected chi connectivity index (χ2v) is 9.17. The predicted octanol–water partition coefficient (Wildman–Crippen LogP) is 2.10. The number of ether oxygens (including phenoxy) is 1. The van der Waals surface area contributed by atoms with Crippen LogP contribution in [0.2, 0.25) is 0 Å². The van der Waals surface area contributed by atoms with Gasteiger partial charge >= 0.3 is 0 Å². The van der Waals surface area contributed by atoms with Crippen LogP contribution < -0.4 is 10.2 Å². The third kappa shape index (κ3) is 2.59. The van der Waals surface area contributed by atoms with Gasteiger partial charge in [0.05, 0.1) is 29.1 Å². The zero-order valence-electron chi connectivity index (χ0n) is 15.3. The summed E-state index contributed by atoms with van der Waals surface area (Å²) in [6.45, 7) is 5.11. The molecular weight excluding hydrogens is 360 g/mol. The van der Waals surface area contributed by atoms with Crippen molar-refractivity contribution in [2.75, 3.05) is 37.7 Å². The van der Waals surface area contributed by atoms with Crippen molar-refractivity contribution in [2.45, 2.75) is 37.5 Å². The molecule has 5 aliphatic heterocycles. The van der Waals surface area contributed by atoms with E-state index in [1.54, 1.807) is 0 Å². The summed E-state index contributed by atoms with van der Waals surface area (Å²) < 4.78 is 11.4. The minimum Gasteiger partial charge on any atom is -0.374 e. The molecule has 5 fully saturated rings. The van der Waals surface area contributed by atoms with Crippen molar-refractivity contribution in [3.05, 3.63) is 23.9 Å². The van der Waals surface area contributed by atoms with E-state index in [4.69, 9.17) is 4.74 Å². The highest BCUT2D eigenvalue weighted by atomic mass is 32.1. The topological polar surface area (TPSA) is 57.7 Å². The lowest BCUT2D eigenvalue weighted by Gasteiger charge is -2.44. The highest BCUT2D eigenvalue weighted by Gasteiger charge is 2.40. The molecule has 2 unspecified atom stereocenters. The Hall–Kier alpha value is -1.70. The zero-order chi connectivity index (χ0) is 18.0. The lowest BCUT2D eigenvalue weighted by Crippen LogP contribution is -2.57. The van der Waals surface area contributed by atoms with E-state index < -0.39 is 0 Å². The van der Waals surface area contributed by atoms with Gasteiger partial charge in [-0.3, -0.25) is 4.79 Å². The molecule has 5 saturated heterocycles. The van der Waals surface area contributed by atoms with Crippen molar-refractivity contribution in [1.29, 1.82) is 0 Å². The number of anilines is 1. The van der Waals surface area contributed by atoms with Gasteiger partial charge in [-0.25, -0.2) is 0 Å². The smallest absolute Gasteiger partial charge is 0.271 e. The molecule has 4 bridgehead atoms. The van der Waals surface area contributed by atoms with Gasteiger partial charge in [-0.2, -0.15) is 4.37 Å². The first-order valence-corrected chi connectivity index (χ1v) is 10.8. The summed E-state index contributed by atoms with van der Waals surface area (Å²) in [5.41, 5.74) is 1.80. The Balaban J connectivity index is 1.28. The predicted molar refractivity (Wildman–Crippen MR) is 106 cm³/mol. The quantitative estimate of drug-likeness (QED) is 0.878. The molecule has 0 saturated carbocycles. The number of nitrogens with zero attached hydrogens (tertiary/aromatic N) is 3. The van der Waals surface area contributed by atoms with Gasteiger partial charge in [0.25, 0.3) is 5.91 Å². The Morgan fingerprint density at radius 3 is 2.85 bits per heavy atom. The number of carbonyl (C=O) groups is 1. The second kappa shape index (κ2) is 6.15. The SMILES string of the molecule is O=C(N[C@@H]1CN2CCC1CC2)c1nsc2c(N3CC4CC3CO4)cccc12. The minimum absolute atomic E-state index is 0.0107. The summed E-state index contributed by atoms with van der Waals surface area (Å²) in [4.78, 5) is 17.9. The molecule has 6 nitrogen and oxygen atoms in total. The number of nitrogens with one attached hydrogen (secondary N) is 1. The summed E-state index contributed by atoms with van der Waals surface area (Å²) in [6, 6.07) is 7.00. The van der Waals surface area contributed by atoms with Crippen LogP contribution in [-0.2, 0) is 4.74 Å². The van der Waals surface area contributed by atoms with E-state index in [1.165, 1.54) is 43.2 Å². The number of hydrogen-bond donors (Lipinski definition) is 1. The van der Waals surface area contributed by atoms with Gasteiger partial charge in [0, 0.05) is 24.5 Å². The average Bonchev–Trinajstić information content (AvgIpc) is 3.44. The molecule has 142 valence electrons. The maximum Gasteiger partial charge on any atom is 0.271 e. The van der Waals surface area contributed by atoms with Crippen LogP contribution in [-0.4, -0.2) is 66.2 Å². The number of aromatic nitrogens is 1. The van der Waals surface area contributed by atoms with Gasteiger partial charge in [-0.15, -0.1) is 0 Å². The fourth-order valence-corrected chi connectivity index (χ4v) is 6.30. The Kier molecular flexibility index (Phi) is 3.71. The highest BCUT2D eigenvalue weighted by Crippen LogP contribution is 2.39. The monoisotopic (exact) mass is 384 g/mol. The third-order valence-electron chi connectivity index (χ3n) is 6.88. The largest absolute Gasteiger partial charge is 0.374 e. The molecule has 0 radical (unpaired) electrons. The number of piperidine rings is 3. The molecule has 6 heterocycles. The van der Waals surface area contributed by atoms with Crippen LogP contribution >= 0.6 is 11.5 Å². The molecule has 7 rings (SSSR count). The van der Waals surface area contributed by atoms with Gasteiger partial charge < -0.3 is 19.9 Å². The number of carbonyl (C=O) groups excluding carboxylic acids is 1. The summed E-state index contributed by atoms with van der Waals surface area (Å²) in [6.07, 6.45) is 3.87. The van der Waals surface area contributed by atoms with Crippen LogP contribution in [0.4, 0.5) is 5.69 Å². The Morgan fingerprint density at radius 2 is 2.15 bits per heavy atom. The zero-order valence-corrected chi connectivity index (χ0v) is 16.1. The molecule has 1 N–H and O–H groups in total. The van der Waals surface area contributed by atoms with Crippen molar-refractivity contribution in [3.8, 4) is 0 Å². The molecule has 1 aromatic carbocycles. The number of fused-ring (bicyclic) bond motifs is 6. The van der Waals surface area contributed by atoms with Gasteiger partial charge in [0.15, 0.2) is 0 Å². The second-order valence-electron chi connectivity index (χ2n) is 8.40. The highest BCUT2D eigenvalue weighted by molar-refractivity contribution is 7.14. The van der Waals surface area contributed by atoms with E-state index in [1.807, 2.05) is 6.07 Å². The van der Waals surface area contributed by atoms with Crippen molar-refractivity contribution >= 4 is 33.2 Å². The van der Waals surface area contributed by atoms with Gasteiger partial charge in [0.1, 0.15) is 5.69 Å². The van der Waals surface area contributed by atoms with Crippen LogP contribution in [0.3, 0.4) is 0 Å². The van der Waals surface area contributed by atoms with Gasteiger partial charge in [-0.1, -0.05) is 12.1 Å². The first-order chi connectivity index (χ1) is 13.3. The summed E-state index contributed by atoms with van der Waals surface area (Å²) in [5, 5.41) is 4.28. The number of hydrogen-bond acceptors (Lipinski definition) is 6. The molecule has 0 aliphatic carbocycles. The number of benzene rings is 1. The van der Waals surface area contributed by atoms with E-state index in [0.717, 1.165) is 36.2 Å². The molecule has 3 atom stereocenters. The number of rotatable bonds is 3. The van der Waals surface area contributed by atoms with Crippen LogP contribution in [0.1, 0.15) is 29.8 Å². The molecular formula is C20H24N4O2S. The van der Waals surface area contributed by atoms with E-state index in [2.05, 4.69) is 31.6 Å². The first-order valence-electron chi connectivity index (χ1n) is 10.1. The molecule has 1 amide bonds. The fourth-order valence-electron chi connectivity index (χ4n) is 5.40. The normalized spacial score (nSPS) is 34.5. The standard InChI is InChI=1S/C20H24N4O2S/c25-20(21-16-10-23-6-4-12(16)5-7-23)18-15-2-1-3-17(19(15)27-22-18)24-9-14-8-13(24)11-26-14/h1-3,12-14,16H,4-11H2,(H,21,25)/t13?,14?,16-/m1/s1. The van der Waals surface area contributed by atoms with E-state index in [0.29, 0.717) is 23.8 Å². The Labute approximate surface area is 162 Å². The summed E-state index contributed by atoms with van der Waals surface area (Å²) in [7, 11) is 0. The van der Waals surface area contributed by atoms with E-state index in [9.17, 15) is 4.79 Å². The van der Waals surface area contributed by atoms with E-state index >= 15 is 0 Å². The maximum atomic E-state index is 13.0. The molecule has 0 spiro atoms. The van der Waals surface area contributed by atoms with Crippen molar-refractivity contribution in [3.63, 3.8) is 0 Å². The van der Waals surface area contributed by atoms with Crippen molar-refractivity contribution in [1.82, 2.24) is 14.6 Å². The lowest BCUT2D eigenvalue weighted by atomic mass is 9.84. The molecule has 5 aliphatic rings. The Morgan fingerprint density at radius 1 is 1.26 bits per heavy atom. The van der Waals surface area contributed by atoms with Gasteiger partial charge in [-0.05, 0) is 55.9 Å². The first kappa shape index (κ1) is 16.3. The molecule has 2 aromatic rings. The minimum atomic E-state index is -0.0107. The summed E-state index contributed by atoms with van der Waals surface area (Å²) in [5.74, 6) is 0.614. The summed E-state index contributed by atoms with van der Waals surface area (Å²) >= 11 is 1.46. The van der Waals surface area contributed by atoms with Crippen LogP contribution in [0.5, 0.6) is 0 Å². The van der Waals surface area contributed by atoms with Crippen molar-refractivity contribution in [2.24, 2.45) is 5.92 Å².